The summed E-state index contributed by atoms with van der Waals surface area (Å²) in [5.74, 6) is 0.980. The number of rotatable bonds is 5. The zero-order valence-corrected chi connectivity index (χ0v) is 12.6. The Hall–Kier alpha value is -1.58. The molecule has 1 aliphatic rings. The maximum absolute atomic E-state index is 12.6. The maximum atomic E-state index is 12.6. The summed E-state index contributed by atoms with van der Waals surface area (Å²) in [5, 5.41) is 3.29. The second-order valence-corrected chi connectivity index (χ2v) is 5.37. The molecule has 1 amide bonds. The molecule has 0 atom stereocenters. The highest BCUT2D eigenvalue weighted by molar-refractivity contribution is 5.95. The van der Waals surface area contributed by atoms with Crippen LogP contribution in [0.5, 0.6) is 0 Å². The molecule has 110 valence electrons. The van der Waals surface area contributed by atoms with E-state index in [2.05, 4.69) is 24.1 Å². The number of hydrogen-bond donors (Lipinski definition) is 1. The summed E-state index contributed by atoms with van der Waals surface area (Å²) in [7, 11) is 0. The first-order valence-corrected chi connectivity index (χ1v) is 7.78. The molecule has 4 nitrogen and oxygen atoms in total. The van der Waals surface area contributed by atoms with Gasteiger partial charge >= 0.3 is 0 Å². The van der Waals surface area contributed by atoms with Crippen molar-refractivity contribution < 1.29 is 4.79 Å². The zero-order valence-electron chi connectivity index (χ0n) is 12.6. The van der Waals surface area contributed by atoms with E-state index < -0.39 is 0 Å². The average Bonchev–Trinajstić information content (AvgIpc) is 2.52. The summed E-state index contributed by atoms with van der Waals surface area (Å²) in [5.41, 5.74) is 1.75. The first-order valence-electron chi connectivity index (χ1n) is 7.78. The number of carbonyl (C=O) groups excluding carboxylic acids is 1. The van der Waals surface area contributed by atoms with Gasteiger partial charge in [0.2, 0.25) is 0 Å². The molecule has 2 rings (SSSR count). The highest BCUT2D eigenvalue weighted by Crippen LogP contribution is 2.17. The SMILES string of the molecule is CCCNc1cc(C(=O)N2CCCCC2)cc(CC)n1. The first-order chi connectivity index (χ1) is 9.74. The predicted octanol–water partition coefficient (Wildman–Crippen LogP) is 3.09. The molecule has 0 spiro atoms. The van der Waals surface area contributed by atoms with Crippen LogP contribution in [0.1, 0.15) is 55.6 Å². The normalized spacial score (nSPS) is 15.2. The van der Waals surface area contributed by atoms with E-state index in [1.807, 2.05) is 17.0 Å². The van der Waals surface area contributed by atoms with Crippen LogP contribution in [0.2, 0.25) is 0 Å². The number of anilines is 1. The van der Waals surface area contributed by atoms with Gasteiger partial charge < -0.3 is 10.2 Å². The van der Waals surface area contributed by atoms with Gasteiger partial charge in [-0.25, -0.2) is 4.98 Å². The lowest BCUT2D eigenvalue weighted by Crippen LogP contribution is -2.35. The van der Waals surface area contributed by atoms with Crippen LogP contribution in [0.3, 0.4) is 0 Å². The molecule has 1 N–H and O–H groups in total. The number of hydrogen-bond acceptors (Lipinski definition) is 3. The van der Waals surface area contributed by atoms with Crippen molar-refractivity contribution in [3.05, 3.63) is 23.4 Å². The quantitative estimate of drug-likeness (QED) is 0.898. The van der Waals surface area contributed by atoms with Gasteiger partial charge in [0.05, 0.1) is 0 Å². The lowest BCUT2D eigenvalue weighted by molar-refractivity contribution is 0.0724. The number of piperidine rings is 1. The molecule has 1 aliphatic heterocycles. The number of aryl methyl sites for hydroxylation is 1. The molecule has 1 fully saturated rings. The second kappa shape index (κ2) is 7.27. The molecule has 4 heteroatoms. The third-order valence-electron chi connectivity index (χ3n) is 3.69. The molecular formula is C16H25N3O. The van der Waals surface area contributed by atoms with Crippen LogP contribution >= 0.6 is 0 Å². The van der Waals surface area contributed by atoms with Crippen LogP contribution < -0.4 is 5.32 Å². The standard InChI is InChI=1S/C16H25N3O/c1-3-8-17-15-12-13(11-14(4-2)18-15)16(20)19-9-6-5-7-10-19/h11-12H,3-10H2,1-2H3,(H,17,18). The molecule has 0 unspecified atom stereocenters. The van der Waals surface area contributed by atoms with Crippen molar-refractivity contribution >= 4 is 11.7 Å². The average molecular weight is 275 g/mol. The van der Waals surface area contributed by atoms with Crippen molar-refractivity contribution in [3.8, 4) is 0 Å². The summed E-state index contributed by atoms with van der Waals surface area (Å²) in [6.45, 7) is 6.86. The van der Waals surface area contributed by atoms with E-state index in [9.17, 15) is 4.79 Å². The largest absolute Gasteiger partial charge is 0.370 e. The van der Waals surface area contributed by atoms with E-state index in [0.717, 1.165) is 62.4 Å². The first kappa shape index (κ1) is 14.8. The highest BCUT2D eigenvalue weighted by atomic mass is 16.2. The van der Waals surface area contributed by atoms with Crippen LogP contribution in [0.15, 0.2) is 12.1 Å². The minimum absolute atomic E-state index is 0.154. The fourth-order valence-corrected chi connectivity index (χ4v) is 2.52. The minimum atomic E-state index is 0.154. The molecule has 0 aromatic carbocycles. The summed E-state index contributed by atoms with van der Waals surface area (Å²) < 4.78 is 0. The molecule has 0 radical (unpaired) electrons. The van der Waals surface area contributed by atoms with Gasteiger partial charge in [0, 0.05) is 30.9 Å². The molecule has 0 bridgehead atoms. The van der Waals surface area contributed by atoms with Crippen LogP contribution in [-0.4, -0.2) is 35.4 Å². The van der Waals surface area contributed by atoms with E-state index in [4.69, 9.17) is 0 Å². The van der Waals surface area contributed by atoms with Crippen molar-refractivity contribution in [2.75, 3.05) is 25.0 Å². The number of nitrogens with zero attached hydrogens (tertiary/aromatic N) is 2. The van der Waals surface area contributed by atoms with Crippen LogP contribution in [-0.2, 0) is 6.42 Å². The Morgan fingerprint density at radius 1 is 1.25 bits per heavy atom. The smallest absolute Gasteiger partial charge is 0.254 e. The number of aromatic nitrogens is 1. The molecule has 1 aromatic rings. The third-order valence-corrected chi connectivity index (χ3v) is 3.69. The van der Waals surface area contributed by atoms with Crippen molar-refractivity contribution in [1.82, 2.24) is 9.88 Å². The fraction of sp³-hybridized carbons (Fsp3) is 0.625. The van der Waals surface area contributed by atoms with Gasteiger partial charge in [-0.15, -0.1) is 0 Å². The van der Waals surface area contributed by atoms with Gasteiger partial charge in [-0.3, -0.25) is 4.79 Å². The Kier molecular flexibility index (Phi) is 5.39. The van der Waals surface area contributed by atoms with E-state index in [0.29, 0.717) is 0 Å². The lowest BCUT2D eigenvalue weighted by atomic mass is 10.1. The summed E-state index contributed by atoms with van der Waals surface area (Å²) in [6.07, 6.45) is 5.38. The van der Waals surface area contributed by atoms with Gasteiger partial charge in [0.1, 0.15) is 5.82 Å². The Bertz CT molecular complexity index is 453. The van der Waals surface area contributed by atoms with Gasteiger partial charge in [0.15, 0.2) is 0 Å². The predicted molar refractivity (Wildman–Crippen MR) is 82.2 cm³/mol. The summed E-state index contributed by atoms with van der Waals surface area (Å²) in [6, 6.07) is 3.83. The summed E-state index contributed by atoms with van der Waals surface area (Å²) in [4.78, 5) is 19.1. The van der Waals surface area contributed by atoms with E-state index in [1.54, 1.807) is 0 Å². The third kappa shape index (κ3) is 3.71. The van der Waals surface area contributed by atoms with Crippen molar-refractivity contribution in [3.63, 3.8) is 0 Å². The second-order valence-electron chi connectivity index (χ2n) is 5.37. The Labute approximate surface area is 121 Å². The van der Waals surface area contributed by atoms with Crippen LogP contribution in [0, 0.1) is 0 Å². The highest BCUT2D eigenvalue weighted by Gasteiger charge is 2.19. The number of nitrogens with one attached hydrogen (secondary N) is 1. The van der Waals surface area contributed by atoms with Crippen LogP contribution in [0.25, 0.3) is 0 Å². The number of carbonyl (C=O) groups is 1. The van der Waals surface area contributed by atoms with Crippen LogP contribution in [0.4, 0.5) is 5.82 Å². The van der Waals surface area contributed by atoms with E-state index in [-0.39, 0.29) is 5.91 Å². The molecule has 0 aliphatic carbocycles. The molecule has 20 heavy (non-hydrogen) atoms. The molecule has 1 aromatic heterocycles. The van der Waals surface area contributed by atoms with Gasteiger partial charge in [0.25, 0.3) is 5.91 Å². The molecule has 0 saturated carbocycles. The Balaban J connectivity index is 2.18. The monoisotopic (exact) mass is 275 g/mol. The molecular weight excluding hydrogens is 250 g/mol. The number of amides is 1. The van der Waals surface area contributed by atoms with Gasteiger partial charge in [-0.05, 0) is 44.2 Å². The van der Waals surface area contributed by atoms with Gasteiger partial charge in [-0.2, -0.15) is 0 Å². The van der Waals surface area contributed by atoms with Gasteiger partial charge in [-0.1, -0.05) is 13.8 Å². The maximum Gasteiger partial charge on any atom is 0.254 e. The number of pyridine rings is 1. The van der Waals surface area contributed by atoms with E-state index in [1.165, 1.54) is 6.42 Å². The summed E-state index contributed by atoms with van der Waals surface area (Å²) >= 11 is 0. The minimum Gasteiger partial charge on any atom is -0.370 e. The van der Waals surface area contributed by atoms with Crippen molar-refractivity contribution in [1.29, 1.82) is 0 Å². The molecule has 1 saturated heterocycles. The molecule has 2 heterocycles. The van der Waals surface area contributed by atoms with Crippen molar-refractivity contribution in [2.45, 2.75) is 46.0 Å². The Morgan fingerprint density at radius 2 is 2.00 bits per heavy atom. The Morgan fingerprint density at radius 3 is 2.65 bits per heavy atom. The van der Waals surface area contributed by atoms with E-state index >= 15 is 0 Å². The lowest BCUT2D eigenvalue weighted by Gasteiger charge is -2.27. The fourth-order valence-electron chi connectivity index (χ4n) is 2.52. The number of likely N-dealkylation sites (tertiary alicyclic amines) is 1. The topological polar surface area (TPSA) is 45.2 Å². The zero-order chi connectivity index (χ0) is 14.4. The van der Waals surface area contributed by atoms with Crippen molar-refractivity contribution in [2.24, 2.45) is 0 Å².